The van der Waals surface area contributed by atoms with Crippen LogP contribution >= 0.6 is 11.3 Å². The number of carbonyl (C=O) groups is 1. The Balaban J connectivity index is 1.50. The van der Waals surface area contributed by atoms with Gasteiger partial charge in [-0.1, -0.05) is 6.07 Å². The molecule has 5 rings (SSSR count). The number of thiophene rings is 1. The molecule has 0 atom stereocenters. The summed E-state index contributed by atoms with van der Waals surface area (Å²) in [7, 11) is 0. The number of hydrogen-bond acceptors (Lipinski definition) is 5. The first-order valence-electron chi connectivity index (χ1n) is 7.91. The molecule has 2 N–H and O–H groups in total. The maximum atomic E-state index is 12.6. The molecule has 0 aliphatic carbocycles. The Hall–Kier alpha value is -3.52. The molecule has 5 aromatic rings. The largest absolute Gasteiger partial charge is 0.321 e. The lowest BCUT2D eigenvalue weighted by Gasteiger charge is -2.03. The number of fused-ring (bicyclic) bond motifs is 2. The van der Waals surface area contributed by atoms with Crippen LogP contribution in [-0.2, 0) is 0 Å². The van der Waals surface area contributed by atoms with Crippen LogP contribution in [0.25, 0.3) is 27.1 Å². The minimum absolute atomic E-state index is 0.286. The lowest BCUT2D eigenvalue weighted by atomic mass is 10.2. The van der Waals surface area contributed by atoms with Crippen molar-refractivity contribution in [3.63, 3.8) is 0 Å². The maximum absolute atomic E-state index is 12.6. The Bertz CT molecular complexity index is 1240. The van der Waals surface area contributed by atoms with Gasteiger partial charge in [0.1, 0.15) is 0 Å². The van der Waals surface area contributed by atoms with Crippen molar-refractivity contribution in [3.8, 4) is 10.6 Å². The minimum atomic E-state index is -0.286. The van der Waals surface area contributed by atoms with E-state index in [4.69, 9.17) is 0 Å². The van der Waals surface area contributed by atoms with Crippen LogP contribution in [0.3, 0.4) is 0 Å². The fourth-order valence-corrected chi connectivity index (χ4v) is 3.56. The third-order valence-electron chi connectivity index (χ3n) is 4.06. The maximum Gasteiger partial charge on any atom is 0.276 e. The van der Waals surface area contributed by atoms with Crippen LogP contribution in [0.1, 0.15) is 10.5 Å². The standard InChI is InChI=1S/C18H12N6OS/c25-18(21-12-4-3-11-10-20-22-13(11)8-12)14-9-17-19-6-5-15(24(17)23-14)16-2-1-7-26-16/h1-10H,(H,20,22)(H,21,25). The van der Waals surface area contributed by atoms with E-state index in [-0.39, 0.29) is 5.91 Å². The van der Waals surface area contributed by atoms with E-state index in [0.29, 0.717) is 17.0 Å². The number of nitrogens with zero attached hydrogens (tertiary/aromatic N) is 4. The van der Waals surface area contributed by atoms with E-state index >= 15 is 0 Å². The third-order valence-corrected chi connectivity index (χ3v) is 4.96. The summed E-state index contributed by atoms with van der Waals surface area (Å²) < 4.78 is 1.69. The molecule has 0 bridgehead atoms. The van der Waals surface area contributed by atoms with Crippen LogP contribution < -0.4 is 5.32 Å². The molecule has 7 nitrogen and oxygen atoms in total. The number of amides is 1. The van der Waals surface area contributed by atoms with Crippen molar-refractivity contribution in [3.05, 3.63) is 65.9 Å². The molecule has 4 aromatic heterocycles. The first-order valence-corrected chi connectivity index (χ1v) is 8.79. The lowest BCUT2D eigenvalue weighted by Crippen LogP contribution is -2.12. The highest BCUT2D eigenvalue weighted by atomic mass is 32.1. The molecule has 1 aromatic carbocycles. The highest BCUT2D eigenvalue weighted by molar-refractivity contribution is 7.13. The molecule has 0 aliphatic rings. The number of aromatic nitrogens is 5. The zero-order chi connectivity index (χ0) is 17.5. The molecule has 0 spiro atoms. The van der Waals surface area contributed by atoms with Crippen molar-refractivity contribution in [1.29, 1.82) is 0 Å². The van der Waals surface area contributed by atoms with Crippen molar-refractivity contribution in [2.24, 2.45) is 0 Å². The number of rotatable bonds is 3. The molecule has 0 unspecified atom stereocenters. The van der Waals surface area contributed by atoms with Crippen molar-refractivity contribution >= 4 is 39.5 Å². The van der Waals surface area contributed by atoms with E-state index in [1.807, 2.05) is 41.8 Å². The highest BCUT2D eigenvalue weighted by Crippen LogP contribution is 2.25. The summed E-state index contributed by atoms with van der Waals surface area (Å²) in [6.07, 6.45) is 3.46. The first kappa shape index (κ1) is 14.8. The second-order valence-corrected chi connectivity index (χ2v) is 6.68. The van der Waals surface area contributed by atoms with Gasteiger partial charge in [0.15, 0.2) is 11.3 Å². The predicted octanol–water partition coefficient (Wildman–Crippen LogP) is 3.59. The molecule has 1 amide bonds. The molecule has 4 heterocycles. The molecule has 0 aliphatic heterocycles. The van der Waals surface area contributed by atoms with Crippen LogP contribution in [0, 0.1) is 0 Å². The van der Waals surface area contributed by atoms with Gasteiger partial charge in [0, 0.05) is 23.3 Å². The summed E-state index contributed by atoms with van der Waals surface area (Å²) in [5, 5.41) is 17.2. The van der Waals surface area contributed by atoms with Crippen LogP contribution in [-0.4, -0.2) is 30.7 Å². The third kappa shape index (κ3) is 2.44. The number of benzene rings is 1. The van der Waals surface area contributed by atoms with Gasteiger partial charge in [0.25, 0.3) is 5.91 Å². The van der Waals surface area contributed by atoms with E-state index in [1.165, 1.54) is 0 Å². The fourth-order valence-electron chi connectivity index (χ4n) is 2.83. The van der Waals surface area contributed by atoms with Gasteiger partial charge in [-0.25, -0.2) is 9.50 Å². The van der Waals surface area contributed by atoms with Gasteiger partial charge in [-0.05, 0) is 35.7 Å². The Morgan fingerprint density at radius 1 is 1.19 bits per heavy atom. The Morgan fingerprint density at radius 3 is 3.04 bits per heavy atom. The summed E-state index contributed by atoms with van der Waals surface area (Å²) in [4.78, 5) is 18.0. The molecule has 0 radical (unpaired) electrons. The molecule has 26 heavy (non-hydrogen) atoms. The average Bonchev–Trinajstić information content (AvgIpc) is 3.39. The van der Waals surface area contributed by atoms with Gasteiger partial charge in [-0.15, -0.1) is 11.3 Å². The fraction of sp³-hybridized carbons (Fsp3) is 0. The van der Waals surface area contributed by atoms with Gasteiger partial charge in [-0.3, -0.25) is 9.89 Å². The van der Waals surface area contributed by atoms with E-state index in [1.54, 1.807) is 34.3 Å². The molecular weight excluding hydrogens is 348 g/mol. The average molecular weight is 360 g/mol. The van der Waals surface area contributed by atoms with Gasteiger partial charge < -0.3 is 5.32 Å². The number of aromatic amines is 1. The molecular formula is C18H12N6OS. The van der Waals surface area contributed by atoms with Gasteiger partial charge >= 0.3 is 0 Å². The molecule has 8 heteroatoms. The van der Waals surface area contributed by atoms with E-state index in [0.717, 1.165) is 21.5 Å². The summed E-state index contributed by atoms with van der Waals surface area (Å²) in [5.41, 5.74) is 3.38. The Morgan fingerprint density at radius 2 is 2.15 bits per heavy atom. The zero-order valence-corrected chi connectivity index (χ0v) is 14.2. The summed E-state index contributed by atoms with van der Waals surface area (Å²) in [6.45, 7) is 0. The van der Waals surface area contributed by atoms with Crippen LogP contribution in [0.5, 0.6) is 0 Å². The van der Waals surface area contributed by atoms with Crippen molar-refractivity contribution in [2.45, 2.75) is 0 Å². The van der Waals surface area contributed by atoms with Crippen LogP contribution in [0.15, 0.2) is 60.2 Å². The number of nitrogens with one attached hydrogen (secondary N) is 2. The quantitative estimate of drug-likeness (QED) is 0.515. The SMILES string of the molecule is O=C(Nc1ccc2cn[nH]c2c1)c1cc2nccc(-c3cccs3)n2n1. The van der Waals surface area contributed by atoms with Gasteiger partial charge in [0.05, 0.1) is 22.3 Å². The molecule has 0 saturated heterocycles. The highest BCUT2D eigenvalue weighted by Gasteiger charge is 2.15. The topological polar surface area (TPSA) is 88.0 Å². The normalized spacial score (nSPS) is 11.2. The van der Waals surface area contributed by atoms with Crippen molar-refractivity contribution in [1.82, 2.24) is 24.8 Å². The number of carbonyl (C=O) groups excluding carboxylic acids is 1. The first-order chi connectivity index (χ1) is 12.8. The molecule has 126 valence electrons. The number of hydrogen-bond donors (Lipinski definition) is 2. The monoisotopic (exact) mass is 360 g/mol. The molecule has 0 saturated carbocycles. The minimum Gasteiger partial charge on any atom is -0.321 e. The predicted molar refractivity (Wildman–Crippen MR) is 100 cm³/mol. The summed E-state index contributed by atoms with van der Waals surface area (Å²) >= 11 is 1.61. The summed E-state index contributed by atoms with van der Waals surface area (Å²) in [5.74, 6) is -0.286. The second kappa shape index (κ2) is 5.78. The van der Waals surface area contributed by atoms with Gasteiger partial charge in [-0.2, -0.15) is 10.2 Å². The number of anilines is 1. The van der Waals surface area contributed by atoms with Crippen molar-refractivity contribution < 1.29 is 4.79 Å². The summed E-state index contributed by atoms with van der Waals surface area (Å²) in [6, 6.07) is 13.1. The van der Waals surface area contributed by atoms with Crippen LogP contribution in [0.4, 0.5) is 5.69 Å². The van der Waals surface area contributed by atoms with E-state index in [9.17, 15) is 4.79 Å². The Kier molecular flexibility index (Phi) is 3.29. The van der Waals surface area contributed by atoms with Gasteiger partial charge in [0.2, 0.25) is 0 Å². The number of H-pyrrole nitrogens is 1. The van der Waals surface area contributed by atoms with Crippen LogP contribution in [0.2, 0.25) is 0 Å². The Labute approximate surface area is 151 Å². The van der Waals surface area contributed by atoms with E-state index < -0.39 is 0 Å². The second-order valence-electron chi connectivity index (χ2n) is 5.73. The lowest BCUT2D eigenvalue weighted by molar-refractivity contribution is 0.102. The molecule has 0 fully saturated rings. The zero-order valence-electron chi connectivity index (χ0n) is 13.4. The smallest absolute Gasteiger partial charge is 0.276 e. The van der Waals surface area contributed by atoms with Crippen molar-refractivity contribution in [2.75, 3.05) is 5.32 Å². The van der Waals surface area contributed by atoms with E-state index in [2.05, 4.69) is 25.6 Å².